The first-order valence-corrected chi connectivity index (χ1v) is 6.59. The van der Waals surface area contributed by atoms with Crippen molar-refractivity contribution < 1.29 is 9.53 Å². The summed E-state index contributed by atoms with van der Waals surface area (Å²) < 4.78 is 5.48. The number of aryl methyl sites for hydroxylation is 1. The molecule has 0 radical (unpaired) electrons. The summed E-state index contributed by atoms with van der Waals surface area (Å²) in [5, 5.41) is 2.96. The van der Waals surface area contributed by atoms with Crippen molar-refractivity contribution in [3.05, 3.63) is 29.3 Å². The van der Waals surface area contributed by atoms with Crippen LogP contribution >= 0.6 is 0 Å². The quantitative estimate of drug-likeness (QED) is 0.567. The van der Waals surface area contributed by atoms with Crippen LogP contribution in [0.15, 0.2) is 18.2 Å². The maximum atomic E-state index is 12.2. The van der Waals surface area contributed by atoms with E-state index in [9.17, 15) is 4.79 Å². The number of benzene rings is 1. The minimum atomic E-state index is -0.101. The first-order chi connectivity index (χ1) is 9.11. The Hall–Kier alpha value is -1.59. The molecule has 2 atom stereocenters. The van der Waals surface area contributed by atoms with Gasteiger partial charge < -0.3 is 15.5 Å². The summed E-state index contributed by atoms with van der Waals surface area (Å²) >= 11 is 0. The van der Waals surface area contributed by atoms with Gasteiger partial charge in [-0.2, -0.15) is 0 Å². The molecule has 0 saturated carbocycles. The van der Waals surface area contributed by atoms with Gasteiger partial charge in [0.2, 0.25) is 0 Å². The Morgan fingerprint density at radius 1 is 1.53 bits per heavy atom. The van der Waals surface area contributed by atoms with E-state index in [1.165, 1.54) is 0 Å². The summed E-state index contributed by atoms with van der Waals surface area (Å²) in [7, 11) is 0. The Labute approximate surface area is 113 Å². The lowest BCUT2D eigenvalue weighted by atomic mass is 10.0. The highest BCUT2D eigenvalue weighted by Gasteiger charge is 2.24. The van der Waals surface area contributed by atoms with E-state index in [1.807, 2.05) is 32.0 Å². The molecule has 1 amide bonds. The molecule has 5 heteroatoms. The topological polar surface area (TPSA) is 76.4 Å². The number of carbonyl (C=O) groups is 1. The predicted molar refractivity (Wildman–Crippen MR) is 74.8 cm³/mol. The Balaban J connectivity index is 2.01. The molecular weight excluding hydrogens is 242 g/mol. The summed E-state index contributed by atoms with van der Waals surface area (Å²) in [6, 6.07) is 5.56. The van der Waals surface area contributed by atoms with E-state index in [1.54, 1.807) is 0 Å². The summed E-state index contributed by atoms with van der Waals surface area (Å²) in [6.07, 6.45) is 1.21. The maximum Gasteiger partial charge on any atom is 0.253 e. The van der Waals surface area contributed by atoms with Crippen LogP contribution in [0.3, 0.4) is 0 Å². The van der Waals surface area contributed by atoms with E-state index in [2.05, 4.69) is 10.7 Å². The molecule has 5 nitrogen and oxygen atoms in total. The van der Waals surface area contributed by atoms with Gasteiger partial charge in [0.15, 0.2) is 0 Å². The Kier molecular flexibility index (Phi) is 4.39. The molecule has 104 valence electrons. The lowest BCUT2D eigenvalue weighted by molar-refractivity contribution is 0.0908. The van der Waals surface area contributed by atoms with Crippen molar-refractivity contribution in [2.45, 2.75) is 26.4 Å². The lowest BCUT2D eigenvalue weighted by Crippen LogP contribution is -2.32. The molecule has 0 bridgehead atoms. The van der Waals surface area contributed by atoms with Gasteiger partial charge in [0.05, 0.1) is 17.4 Å². The van der Waals surface area contributed by atoms with E-state index in [0.29, 0.717) is 23.7 Å². The zero-order valence-corrected chi connectivity index (χ0v) is 11.4. The van der Waals surface area contributed by atoms with Crippen molar-refractivity contribution >= 4 is 11.6 Å². The molecule has 1 aliphatic rings. The fourth-order valence-corrected chi connectivity index (χ4v) is 2.33. The van der Waals surface area contributed by atoms with E-state index in [4.69, 9.17) is 10.6 Å². The highest BCUT2D eigenvalue weighted by Crippen LogP contribution is 2.20. The molecule has 1 fully saturated rings. The van der Waals surface area contributed by atoms with E-state index >= 15 is 0 Å². The Morgan fingerprint density at radius 3 is 2.95 bits per heavy atom. The van der Waals surface area contributed by atoms with Crippen LogP contribution in [-0.2, 0) is 4.74 Å². The standard InChI is InChI=1S/C14H21N3O2/c1-9-3-4-13(17-15)12(7-9)14(18)16-8-11-5-6-19-10(11)2/h3-4,7,10-11,17H,5-6,8,15H2,1-2H3,(H,16,18). The summed E-state index contributed by atoms with van der Waals surface area (Å²) in [5.74, 6) is 5.72. The SMILES string of the molecule is Cc1ccc(NN)c(C(=O)NCC2CCOC2C)c1. The van der Waals surface area contributed by atoms with Gasteiger partial charge in [0.25, 0.3) is 5.91 Å². The number of ether oxygens (including phenoxy) is 1. The van der Waals surface area contributed by atoms with Crippen LogP contribution in [0.1, 0.15) is 29.3 Å². The molecule has 1 heterocycles. The fraction of sp³-hybridized carbons (Fsp3) is 0.500. The number of anilines is 1. The van der Waals surface area contributed by atoms with Crippen LogP contribution in [0.25, 0.3) is 0 Å². The average molecular weight is 263 g/mol. The van der Waals surface area contributed by atoms with Crippen molar-refractivity contribution in [2.75, 3.05) is 18.6 Å². The van der Waals surface area contributed by atoms with Crippen molar-refractivity contribution in [3.8, 4) is 0 Å². The largest absolute Gasteiger partial charge is 0.378 e. The molecule has 1 saturated heterocycles. The van der Waals surface area contributed by atoms with Gasteiger partial charge in [-0.25, -0.2) is 0 Å². The molecule has 0 aliphatic carbocycles. The fourth-order valence-electron chi connectivity index (χ4n) is 2.33. The second-order valence-corrected chi connectivity index (χ2v) is 5.03. The minimum absolute atomic E-state index is 0.101. The summed E-state index contributed by atoms with van der Waals surface area (Å²) in [6.45, 7) is 5.41. The van der Waals surface area contributed by atoms with Crippen molar-refractivity contribution in [3.63, 3.8) is 0 Å². The normalized spacial score (nSPS) is 22.3. The van der Waals surface area contributed by atoms with E-state index < -0.39 is 0 Å². The molecule has 1 aromatic rings. The molecule has 19 heavy (non-hydrogen) atoms. The number of hydrazine groups is 1. The highest BCUT2D eigenvalue weighted by atomic mass is 16.5. The summed E-state index contributed by atoms with van der Waals surface area (Å²) in [5.41, 5.74) is 4.80. The van der Waals surface area contributed by atoms with Gasteiger partial charge in [-0.15, -0.1) is 0 Å². The van der Waals surface area contributed by atoms with E-state index in [-0.39, 0.29) is 12.0 Å². The molecule has 2 unspecified atom stereocenters. The zero-order valence-electron chi connectivity index (χ0n) is 11.4. The van der Waals surface area contributed by atoms with Gasteiger partial charge in [-0.1, -0.05) is 11.6 Å². The van der Waals surface area contributed by atoms with Gasteiger partial charge in [0.1, 0.15) is 0 Å². The third-order valence-electron chi connectivity index (χ3n) is 3.63. The van der Waals surface area contributed by atoms with Crippen LogP contribution < -0.4 is 16.6 Å². The average Bonchev–Trinajstić information content (AvgIpc) is 2.81. The zero-order chi connectivity index (χ0) is 13.8. The number of rotatable bonds is 4. The number of nitrogens with two attached hydrogens (primary N) is 1. The molecule has 0 aromatic heterocycles. The smallest absolute Gasteiger partial charge is 0.253 e. The van der Waals surface area contributed by atoms with Crippen LogP contribution in [0.4, 0.5) is 5.69 Å². The second kappa shape index (κ2) is 6.04. The Morgan fingerprint density at radius 2 is 2.32 bits per heavy atom. The van der Waals surface area contributed by atoms with E-state index in [0.717, 1.165) is 18.6 Å². The predicted octanol–water partition coefficient (Wildman–Crippen LogP) is 1.44. The third kappa shape index (κ3) is 3.24. The molecule has 2 rings (SSSR count). The highest BCUT2D eigenvalue weighted by molar-refractivity contribution is 5.99. The van der Waals surface area contributed by atoms with Crippen LogP contribution in [0.5, 0.6) is 0 Å². The number of nitrogen functional groups attached to an aromatic ring is 1. The maximum absolute atomic E-state index is 12.2. The molecule has 4 N–H and O–H groups in total. The van der Waals surface area contributed by atoms with Crippen molar-refractivity contribution in [1.82, 2.24) is 5.32 Å². The van der Waals surface area contributed by atoms with Crippen LogP contribution in [0.2, 0.25) is 0 Å². The third-order valence-corrected chi connectivity index (χ3v) is 3.63. The van der Waals surface area contributed by atoms with Gasteiger partial charge in [-0.05, 0) is 32.4 Å². The number of hydrogen-bond donors (Lipinski definition) is 3. The first kappa shape index (κ1) is 13.8. The molecule has 0 spiro atoms. The molecule has 1 aliphatic heterocycles. The van der Waals surface area contributed by atoms with Crippen molar-refractivity contribution in [1.29, 1.82) is 0 Å². The minimum Gasteiger partial charge on any atom is -0.378 e. The van der Waals surface area contributed by atoms with Gasteiger partial charge in [-0.3, -0.25) is 10.6 Å². The number of amides is 1. The van der Waals surface area contributed by atoms with Gasteiger partial charge in [0, 0.05) is 19.1 Å². The van der Waals surface area contributed by atoms with Crippen LogP contribution in [-0.4, -0.2) is 25.2 Å². The van der Waals surface area contributed by atoms with Crippen molar-refractivity contribution in [2.24, 2.45) is 11.8 Å². The Bertz CT molecular complexity index is 462. The summed E-state index contributed by atoms with van der Waals surface area (Å²) in [4.78, 5) is 12.2. The van der Waals surface area contributed by atoms with Gasteiger partial charge >= 0.3 is 0 Å². The lowest BCUT2D eigenvalue weighted by Gasteiger charge is -2.16. The second-order valence-electron chi connectivity index (χ2n) is 5.03. The number of carbonyl (C=O) groups excluding carboxylic acids is 1. The first-order valence-electron chi connectivity index (χ1n) is 6.59. The monoisotopic (exact) mass is 263 g/mol. The molecule has 1 aromatic carbocycles. The number of hydrogen-bond acceptors (Lipinski definition) is 4. The molecular formula is C14H21N3O2. The van der Waals surface area contributed by atoms with Crippen LogP contribution in [0, 0.1) is 12.8 Å². The number of nitrogens with one attached hydrogen (secondary N) is 2.